The van der Waals surface area contributed by atoms with Crippen molar-refractivity contribution in [3.05, 3.63) is 28.8 Å². The number of carbonyl (C=O) groups is 2. The first-order valence-electron chi connectivity index (χ1n) is 5.42. The standard InChI is InChI=1S/C12H13ClN2O2/c1-3-10-11(16)14-9-6-7(13)4-5-8(9)12(17)15(10)2/h4-6,10H,3H2,1-2H3,(H,14,16). The van der Waals surface area contributed by atoms with Crippen LogP contribution >= 0.6 is 11.6 Å². The van der Waals surface area contributed by atoms with Crippen molar-refractivity contribution in [3.8, 4) is 0 Å². The third kappa shape index (κ3) is 2.00. The van der Waals surface area contributed by atoms with E-state index in [9.17, 15) is 9.59 Å². The largest absolute Gasteiger partial charge is 0.330 e. The lowest BCUT2D eigenvalue weighted by Gasteiger charge is -2.22. The van der Waals surface area contributed by atoms with Gasteiger partial charge in [-0.2, -0.15) is 0 Å². The molecule has 2 amide bonds. The minimum atomic E-state index is -0.436. The van der Waals surface area contributed by atoms with Crippen molar-refractivity contribution < 1.29 is 9.59 Å². The Bertz CT molecular complexity index is 487. The Morgan fingerprint density at radius 2 is 2.12 bits per heavy atom. The number of nitrogens with zero attached hydrogens (tertiary/aromatic N) is 1. The van der Waals surface area contributed by atoms with E-state index in [-0.39, 0.29) is 11.8 Å². The Morgan fingerprint density at radius 1 is 1.41 bits per heavy atom. The van der Waals surface area contributed by atoms with Crippen LogP contribution in [0.15, 0.2) is 18.2 Å². The summed E-state index contributed by atoms with van der Waals surface area (Å²) in [6.07, 6.45) is 0.579. The molecule has 0 bridgehead atoms. The van der Waals surface area contributed by atoms with Gasteiger partial charge in [0.1, 0.15) is 6.04 Å². The van der Waals surface area contributed by atoms with E-state index < -0.39 is 6.04 Å². The lowest BCUT2D eigenvalue weighted by Crippen LogP contribution is -2.42. The maximum absolute atomic E-state index is 12.2. The van der Waals surface area contributed by atoms with Crippen LogP contribution in [0.1, 0.15) is 23.7 Å². The molecule has 1 unspecified atom stereocenters. The van der Waals surface area contributed by atoms with Crippen molar-refractivity contribution in [3.63, 3.8) is 0 Å². The number of hydrogen-bond donors (Lipinski definition) is 1. The molecule has 1 N–H and O–H groups in total. The molecule has 2 rings (SSSR count). The van der Waals surface area contributed by atoms with Gasteiger partial charge in [0.2, 0.25) is 5.91 Å². The summed E-state index contributed by atoms with van der Waals surface area (Å²) in [7, 11) is 1.64. The van der Waals surface area contributed by atoms with Crippen molar-refractivity contribution in [1.82, 2.24) is 4.90 Å². The van der Waals surface area contributed by atoms with E-state index in [4.69, 9.17) is 11.6 Å². The SMILES string of the molecule is CCC1C(=O)Nc2cc(Cl)ccc2C(=O)N1C. The van der Waals surface area contributed by atoms with Gasteiger partial charge in [-0.1, -0.05) is 18.5 Å². The summed E-state index contributed by atoms with van der Waals surface area (Å²) < 4.78 is 0. The average molecular weight is 253 g/mol. The summed E-state index contributed by atoms with van der Waals surface area (Å²) in [5.41, 5.74) is 0.955. The molecule has 0 radical (unpaired) electrons. The molecule has 0 spiro atoms. The lowest BCUT2D eigenvalue weighted by molar-refractivity contribution is -0.120. The van der Waals surface area contributed by atoms with Crippen LogP contribution in [0.4, 0.5) is 5.69 Å². The molecule has 0 aliphatic carbocycles. The maximum Gasteiger partial charge on any atom is 0.256 e. The third-order valence-corrected chi connectivity index (χ3v) is 3.18. The summed E-state index contributed by atoms with van der Waals surface area (Å²) >= 11 is 5.86. The van der Waals surface area contributed by atoms with Crippen molar-refractivity contribution in [2.75, 3.05) is 12.4 Å². The van der Waals surface area contributed by atoms with E-state index in [0.29, 0.717) is 22.7 Å². The van der Waals surface area contributed by atoms with Crippen LogP contribution in [-0.4, -0.2) is 29.8 Å². The molecule has 1 heterocycles. The number of carbonyl (C=O) groups excluding carboxylic acids is 2. The van der Waals surface area contributed by atoms with Gasteiger partial charge in [-0.05, 0) is 24.6 Å². The molecule has 0 saturated carbocycles. The lowest BCUT2D eigenvalue weighted by atomic mass is 10.1. The van der Waals surface area contributed by atoms with Gasteiger partial charge in [-0.15, -0.1) is 0 Å². The second-order valence-electron chi connectivity index (χ2n) is 4.02. The molecule has 1 aromatic rings. The van der Waals surface area contributed by atoms with Crippen LogP contribution in [0.2, 0.25) is 5.02 Å². The highest BCUT2D eigenvalue weighted by Crippen LogP contribution is 2.26. The van der Waals surface area contributed by atoms with Crippen molar-refractivity contribution in [2.45, 2.75) is 19.4 Å². The summed E-state index contributed by atoms with van der Waals surface area (Å²) in [5.74, 6) is -0.341. The molecule has 5 heteroatoms. The summed E-state index contributed by atoms with van der Waals surface area (Å²) in [6.45, 7) is 1.87. The van der Waals surface area contributed by atoms with E-state index in [1.807, 2.05) is 6.92 Å². The predicted octanol–water partition coefficient (Wildman–Crippen LogP) is 2.14. The van der Waals surface area contributed by atoms with Gasteiger partial charge >= 0.3 is 0 Å². The summed E-state index contributed by atoms with van der Waals surface area (Å²) in [4.78, 5) is 25.5. The zero-order valence-corrected chi connectivity index (χ0v) is 10.4. The van der Waals surface area contributed by atoms with E-state index in [1.54, 1.807) is 25.2 Å². The number of halogens is 1. The predicted molar refractivity (Wildman–Crippen MR) is 66.3 cm³/mol. The van der Waals surface area contributed by atoms with E-state index in [2.05, 4.69) is 5.32 Å². The number of amides is 2. The number of likely N-dealkylation sites (N-methyl/N-ethyl adjacent to an activating group) is 1. The number of rotatable bonds is 1. The van der Waals surface area contributed by atoms with Gasteiger partial charge < -0.3 is 10.2 Å². The van der Waals surface area contributed by atoms with E-state index >= 15 is 0 Å². The minimum absolute atomic E-state index is 0.165. The Hall–Kier alpha value is -1.55. The molecule has 90 valence electrons. The van der Waals surface area contributed by atoms with Gasteiger partial charge in [0, 0.05) is 12.1 Å². The van der Waals surface area contributed by atoms with Crippen molar-refractivity contribution in [2.24, 2.45) is 0 Å². The fourth-order valence-corrected chi connectivity index (χ4v) is 2.16. The van der Waals surface area contributed by atoms with Crippen molar-refractivity contribution >= 4 is 29.1 Å². The second-order valence-corrected chi connectivity index (χ2v) is 4.46. The van der Waals surface area contributed by atoms with Crippen molar-refractivity contribution in [1.29, 1.82) is 0 Å². The molecule has 1 aliphatic rings. The molecular formula is C12H13ClN2O2. The maximum atomic E-state index is 12.2. The summed E-state index contributed by atoms with van der Waals surface area (Å²) in [5, 5.41) is 3.23. The van der Waals surface area contributed by atoms with Crippen LogP contribution in [0.25, 0.3) is 0 Å². The fourth-order valence-electron chi connectivity index (χ4n) is 1.99. The first-order valence-corrected chi connectivity index (χ1v) is 5.80. The zero-order chi connectivity index (χ0) is 12.6. The number of benzene rings is 1. The topological polar surface area (TPSA) is 49.4 Å². The molecular weight excluding hydrogens is 240 g/mol. The Labute approximate surface area is 105 Å². The van der Waals surface area contributed by atoms with Crippen LogP contribution < -0.4 is 5.32 Å². The monoisotopic (exact) mass is 252 g/mol. The molecule has 1 aliphatic heterocycles. The molecule has 0 aromatic heterocycles. The first kappa shape index (κ1) is 11.9. The first-order chi connectivity index (χ1) is 8.04. The highest BCUT2D eigenvalue weighted by atomic mass is 35.5. The van der Waals surface area contributed by atoms with Gasteiger partial charge in [0.05, 0.1) is 11.3 Å². The van der Waals surface area contributed by atoms with Crippen LogP contribution in [0, 0.1) is 0 Å². The molecule has 1 atom stereocenters. The molecule has 0 saturated heterocycles. The molecule has 4 nitrogen and oxygen atoms in total. The summed E-state index contributed by atoms with van der Waals surface area (Å²) in [6, 6.07) is 4.44. The Kier molecular flexibility index (Phi) is 3.07. The van der Waals surface area contributed by atoms with E-state index in [0.717, 1.165) is 0 Å². The molecule has 0 fully saturated rings. The highest BCUT2D eigenvalue weighted by molar-refractivity contribution is 6.31. The van der Waals surface area contributed by atoms with Gasteiger partial charge in [-0.25, -0.2) is 0 Å². The Morgan fingerprint density at radius 3 is 2.76 bits per heavy atom. The van der Waals surface area contributed by atoms with Crippen LogP contribution in [-0.2, 0) is 4.79 Å². The van der Waals surface area contributed by atoms with Crippen LogP contribution in [0.5, 0.6) is 0 Å². The fraction of sp³-hybridized carbons (Fsp3) is 0.333. The number of fused-ring (bicyclic) bond motifs is 1. The Balaban J connectivity index is 2.52. The smallest absolute Gasteiger partial charge is 0.256 e. The van der Waals surface area contributed by atoms with Gasteiger partial charge in [-0.3, -0.25) is 9.59 Å². The van der Waals surface area contributed by atoms with E-state index in [1.165, 1.54) is 4.90 Å². The number of anilines is 1. The van der Waals surface area contributed by atoms with Gasteiger partial charge in [0.25, 0.3) is 5.91 Å². The second kappa shape index (κ2) is 4.37. The minimum Gasteiger partial charge on any atom is -0.330 e. The highest BCUT2D eigenvalue weighted by Gasteiger charge is 2.31. The van der Waals surface area contributed by atoms with Crippen LogP contribution in [0.3, 0.4) is 0 Å². The quantitative estimate of drug-likeness (QED) is 0.833. The normalized spacial score (nSPS) is 19.7. The molecule has 1 aromatic carbocycles. The number of nitrogens with one attached hydrogen (secondary N) is 1. The third-order valence-electron chi connectivity index (χ3n) is 2.95. The zero-order valence-electron chi connectivity index (χ0n) is 9.66. The average Bonchev–Trinajstić information content (AvgIpc) is 2.36. The molecule has 17 heavy (non-hydrogen) atoms. The number of hydrogen-bond acceptors (Lipinski definition) is 2. The van der Waals surface area contributed by atoms with Gasteiger partial charge in [0.15, 0.2) is 0 Å².